The Hall–Kier alpha value is -3.20. The number of thiophene rings is 1. The Morgan fingerprint density at radius 2 is 2.17 bits per heavy atom. The van der Waals surface area contributed by atoms with Crippen LogP contribution in [0.2, 0.25) is 0 Å². The first-order valence-electron chi connectivity index (χ1n) is 7.01. The summed E-state index contributed by atoms with van der Waals surface area (Å²) in [5, 5.41) is 19.9. The molecule has 0 radical (unpaired) electrons. The fraction of sp³-hybridized carbons (Fsp3) is 0.0667. The molecule has 4 aromatic heterocycles. The van der Waals surface area contributed by atoms with Crippen molar-refractivity contribution in [3.63, 3.8) is 0 Å². The SMILES string of the molecule is Cc1sc2cc(C(=O)Nc3nnc4ccccn34)[nH]c2c1C(=O)O. The zero-order valence-electron chi connectivity index (χ0n) is 12.4. The van der Waals surface area contributed by atoms with Crippen LogP contribution in [-0.4, -0.2) is 36.6 Å². The molecule has 24 heavy (non-hydrogen) atoms. The second kappa shape index (κ2) is 5.17. The van der Waals surface area contributed by atoms with E-state index in [1.54, 1.807) is 35.7 Å². The molecule has 120 valence electrons. The highest BCUT2D eigenvalue weighted by molar-refractivity contribution is 7.19. The van der Waals surface area contributed by atoms with Crippen LogP contribution in [-0.2, 0) is 0 Å². The van der Waals surface area contributed by atoms with Gasteiger partial charge in [0.05, 0.1) is 15.8 Å². The van der Waals surface area contributed by atoms with E-state index in [0.717, 1.165) is 4.70 Å². The van der Waals surface area contributed by atoms with Crippen LogP contribution in [0.3, 0.4) is 0 Å². The number of nitrogens with one attached hydrogen (secondary N) is 2. The summed E-state index contributed by atoms with van der Waals surface area (Å²) in [5.41, 5.74) is 1.54. The van der Waals surface area contributed by atoms with E-state index in [0.29, 0.717) is 22.0 Å². The lowest BCUT2D eigenvalue weighted by molar-refractivity contribution is 0.0698. The minimum atomic E-state index is -1.02. The molecule has 4 aromatic rings. The number of carbonyl (C=O) groups is 2. The van der Waals surface area contributed by atoms with Gasteiger partial charge < -0.3 is 10.1 Å². The second-order valence-electron chi connectivity index (χ2n) is 5.17. The molecule has 0 bridgehead atoms. The number of anilines is 1. The van der Waals surface area contributed by atoms with Gasteiger partial charge in [0.2, 0.25) is 5.95 Å². The van der Waals surface area contributed by atoms with Gasteiger partial charge in [-0.15, -0.1) is 21.5 Å². The molecule has 0 atom stereocenters. The molecule has 0 aliphatic rings. The first-order chi connectivity index (χ1) is 11.5. The molecule has 0 aliphatic heterocycles. The van der Waals surface area contributed by atoms with E-state index in [1.165, 1.54) is 11.3 Å². The zero-order chi connectivity index (χ0) is 16.8. The molecule has 0 aromatic carbocycles. The Balaban J connectivity index is 1.70. The van der Waals surface area contributed by atoms with Crippen molar-refractivity contribution in [1.29, 1.82) is 0 Å². The Morgan fingerprint density at radius 1 is 1.33 bits per heavy atom. The fourth-order valence-corrected chi connectivity index (χ4v) is 3.62. The molecule has 0 spiro atoms. The normalized spacial score (nSPS) is 11.2. The number of rotatable bonds is 3. The van der Waals surface area contributed by atoms with E-state index < -0.39 is 11.9 Å². The van der Waals surface area contributed by atoms with Crippen LogP contribution in [0.4, 0.5) is 5.95 Å². The number of hydrogen-bond donors (Lipinski definition) is 3. The molecule has 8 nitrogen and oxygen atoms in total. The number of aromatic nitrogens is 4. The number of pyridine rings is 1. The Kier molecular flexibility index (Phi) is 3.10. The molecule has 0 fully saturated rings. The monoisotopic (exact) mass is 341 g/mol. The molecule has 1 amide bonds. The van der Waals surface area contributed by atoms with Crippen molar-refractivity contribution < 1.29 is 14.7 Å². The van der Waals surface area contributed by atoms with Crippen molar-refractivity contribution in [3.05, 3.63) is 46.6 Å². The summed E-state index contributed by atoms with van der Waals surface area (Å²) in [6.45, 7) is 1.74. The van der Waals surface area contributed by atoms with Gasteiger partial charge in [-0.25, -0.2) is 4.79 Å². The van der Waals surface area contributed by atoms with E-state index in [-0.39, 0.29) is 11.3 Å². The van der Waals surface area contributed by atoms with Gasteiger partial charge in [0.25, 0.3) is 5.91 Å². The number of hydrogen-bond acceptors (Lipinski definition) is 5. The molecule has 4 rings (SSSR count). The van der Waals surface area contributed by atoms with Crippen molar-refractivity contribution in [2.75, 3.05) is 5.32 Å². The summed E-state index contributed by atoms with van der Waals surface area (Å²) >= 11 is 1.33. The molecule has 4 heterocycles. The number of aromatic carboxylic acids is 1. The van der Waals surface area contributed by atoms with Crippen LogP contribution in [0.5, 0.6) is 0 Å². The molecule has 0 saturated heterocycles. The standard InChI is InChI=1S/C15H11N5O3S/c1-7-11(14(22)23)12-9(24-7)6-8(16-12)13(21)17-15-19-18-10-4-2-3-5-20(10)15/h2-6,16H,1H3,(H,22,23)(H,17,19,21). The molecule has 0 saturated carbocycles. The van der Waals surface area contributed by atoms with Gasteiger partial charge in [0.15, 0.2) is 5.65 Å². The predicted molar refractivity (Wildman–Crippen MR) is 88.8 cm³/mol. The third-order valence-corrected chi connectivity index (χ3v) is 4.70. The maximum Gasteiger partial charge on any atom is 0.338 e. The Labute approximate surface area is 138 Å². The van der Waals surface area contributed by atoms with Gasteiger partial charge in [-0.05, 0) is 25.1 Å². The van der Waals surface area contributed by atoms with Crippen molar-refractivity contribution in [3.8, 4) is 0 Å². The summed E-state index contributed by atoms with van der Waals surface area (Å²) in [5.74, 6) is -1.13. The summed E-state index contributed by atoms with van der Waals surface area (Å²) in [4.78, 5) is 27.3. The van der Waals surface area contributed by atoms with Gasteiger partial charge in [0.1, 0.15) is 5.69 Å². The first kappa shape index (κ1) is 14.4. The molecule has 9 heteroatoms. The quantitative estimate of drug-likeness (QED) is 0.530. The molecule has 3 N–H and O–H groups in total. The van der Waals surface area contributed by atoms with Crippen molar-refractivity contribution in [1.82, 2.24) is 19.6 Å². The minimum absolute atomic E-state index is 0.196. The Bertz CT molecular complexity index is 1110. The number of fused-ring (bicyclic) bond motifs is 2. The van der Waals surface area contributed by atoms with E-state index >= 15 is 0 Å². The topological polar surface area (TPSA) is 112 Å². The lowest BCUT2D eigenvalue weighted by Gasteiger charge is -2.01. The third kappa shape index (κ3) is 2.14. The molecule has 0 unspecified atom stereocenters. The number of carboxylic acid groups (broad SMARTS) is 1. The van der Waals surface area contributed by atoms with Crippen LogP contribution >= 0.6 is 11.3 Å². The van der Waals surface area contributed by atoms with Crippen LogP contribution in [0.15, 0.2) is 30.5 Å². The third-order valence-electron chi connectivity index (χ3n) is 3.64. The average molecular weight is 341 g/mol. The maximum absolute atomic E-state index is 12.4. The van der Waals surface area contributed by atoms with Crippen LogP contribution in [0.1, 0.15) is 25.7 Å². The molecule has 0 aliphatic carbocycles. The predicted octanol–water partition coefficient (Wildman–Crippen LogP) is 2.53. The van der Waals surface area contributed by atoms with E-state index in [4.69, 9.17) is 0 Å². The number of amides is 1. The molecular formula is C15H11N5O3S. The van der Waals surface area contributed by atoms with E-state index in [1.807, 2.05) is 6.07 Å². The number of carbonyl (C=O) groups excluding carboxylic acids is 1. The van der Waals surface area contributed by atoms with Crippen molar-refractivity contribution in [2.45, 2.75) is 6.92 Å². The van der Waals surface area contributed by atoms with Gasteiger partial charge >= 0.3 is 5.97 Å². The largest absolute Gasteiger partial charge is 0.478 e. The first-order valence-corrected chi connectivity index (χ1v) is 7.83. The fourth-order valence-electron chi connectivity index (χ4n) is 2.57. The summed E-state index contributed by atoms with van der Waals surface area (Å²) in [7, 11) is 0. The van der Waals surface area contributed by atoms with Crippen molar-refractivity contribution in [2.24, 2.45) is 0 Å². The van der Waals surface area contributed by atoms with E-state index in [2.05, 4.69) is 20.5 Å². The number of aromatic amines is 1. The van der Waals surface area contributed by atoms with Crippen LogP contribution in [0.25, 0.3) is 15.9 Å². The number of carboxylic acids is 1. The average Bonchev–Trinajstić information content (AvgIpc) is 3.19. The van der Waals surface area contributed by atoms with Crippen LogP contribution < -0.4 is 5.32 Å². The Morgan fingerprint density at radius 3 is 2.96 bits per heavy atom. The summed E-state index contributed by atoms with van der Waals surface area (Å²) < 4.78 is 2.37. The zero-order valence-corrected chi connectivity index (χ0v) is 13.2. The van der Waals surface area contributed by atoms with Crippen molar-refractivity contribution >= 4 is 45.0 Å². The highest BCUT2D eigenvalue weighted by Crippen LogP contribution is 2.31. The summed E-state index contributed by atoms with van der Waals surface area (Å²) in [6, 6.07) is 7.04. The van der Waals surface area contributed by atoms with Crippen LogP contribution in [0, 0.1) is 6.92 Å². The minimum Gasteiger partial charge on any atom is -0.478 e. The van der Waals surface area contributed by atoms with Gasteiger partial charge in [-0.1, -0.05) is 6.07 Å². The highest BCUT2D eigenvalue weighted by Gasteiger charge is 2.20. The summed E-state index contributed by atoms with van der Waals surface area (Å²) in [6.07, 6.45) is 1.74. The molecular weight excluding hydrogens is 330 g/mol. The highest BCUT2D eigenvalue weighted by atomic mass is 32.1. The smallest absolute Gasteiger partial charge is 0.338 e. The number of aryl methyl sites for hydroxylation is 1. The van der Waals surface area contributed by atoms with Gasteiger partial charge in [0, 0.05) is 11.1 Å². The second-order valence-corrected chi connectivity index (χ2v) is 6.42. The number of nitrogens with zero attached hydrogens (tertiary/aromatic N) is 3. The number of H-pyrrole nitrogens is 1. The van der Waals surface area contributed by atoms with Gasteiger partial charge in [-0.2, -0.15) is 0 Å². The lowest BCUT2D eigenvalue weighted by Crippen LogP contribution is -2.14. The maximum atomic E-state index is 12.4. The lowest BCUT2D eigenvalue weighted by atomic mass is 10.2. The van der Waals surface area contributed by atoms with E-state index in [9.17, 15) is 14.7 Å². The van der Waals surface area contributed by atoms with Gasteiger partial charge in [-0.3, -0.25) is 14.5 Å².